The zero-order chi connectivity index (χ0) is 23.6. The summed E-state index contributed by atoms with van der Waals surface area (Å²) >= 11 is 1.51. The zero-order valence-corrected chi connectivity index (χ0v) is 20.3. The molecular weight excluding hydrogens is 426 g/mol. The van der Waals surface area contributed by atoms with Gasteiger partial charge in [0.25, 0.3) is 0 Å². The van der Waals surface area contributed by atoms with Crippen LogP contribution in [0.1, 0.15) is 32.3 Å². The lowest BCUT2D eigenvalue weighted by atomic mass is 9.88. The van der Waals surface area contributed by atoms with Gasteiger partial charge in [0.15, 0.2) is 5.43 Å². The third kappa shape index (κ3) is 4.21. The van der Waals surface area contributed by atoms with Crippen LogP contribution in [0, 0.1) is 6.92 Å². The van der Waals surface area contributed by atoms with E-state index in [4.69, 9.17) is 9.72 Å². The fourth-order valence-electron chi connectivity index (χ4n) is 4.17. The quantitative estimate of drug-likeness (QED) is 0.436. The number of carboxylic acids is 1. The molecule has 8 heteroatoms. The molecule has 1 aromatic carbocycles. The number of hydrogen-bond donors (Lipinski definition) is 1. The van der Waals surface area contributed by atoms with E-state index in [-0.39, 0.29) is 18.1 Å². The largest absolute Gasteiger partial charge is 0.480 e. The van der Waals surface area contributed by atoms with Crippen molar-refractivity contribution in [1.29, 1.82) is 0 Å². The Morgan fingerprint density at radius 2 is 1.91 bits per heavy atom. The highest BCUT2D eigenvalue weighted by atomic mass is 32.2. The lowest BCUT2D eigenvalue weighted by Crippen LogP contribution is -2.46. The van der Waals surface area contributed by atoms with Gasteiger partial charge >= 0.3 is 5.97 Å². The predicted octanol–water partition coefficient (Wildman–Crippen LogP) is 4.30. The van der Waals surface area contributed by atoms with Gasteiger partial charge in [-0.3, -0.25) is 9.59 Å². The SMILES string of the molecule is CC.COC1CC(N(C)c2ccc3c(=O)c4ccc(C)c(SC)c4n(CC(=O)O)c3n2)C1. The minimum atomic E-state index is -0.975. The molecule has 0 atom stereocenters. The molecule has 0 aliphatic heterocycles. The number of methoxy groups -OCH3 is 1. The Morgan fingerprint density at radius 3 is 2.50 bits per heavy atom. The molecule has 0 saturated heterocycles. The third-order valence-corrected chi connectivity index (χ3v) is 6.94. The number of ether oxygens (including phenoxy) is 1. The van der Waals surface area contributed by atoms with Crippen LogP contribution in [0.4, 0.5) is 5.82 Å². The maximum absolute atomic E-state index is 13.2. The minimum absolute atomic E-state index is 0.123. The molecule has 0 spiro atoms. The Morgan fingerprint density at radius 1 is 1.25 bits per heavy atom. The van der Waals surface area contributed by atoms with E-state index >= 15 is 0 Å². The number of nitrogens with zero attached hydrogens (tertiary/aromatic N) is 3. The van der Waals surface area contributed by atoms with E-state index in [1.807, 2.05) is 46.2 Å². The molecule has 1 fully saturated rings. The minimum Gasteiger partial charge on any atom is -0.480 e. The van der Waals surface area contributed by atoms with E-state index in [1.165, 1.54) is 11.8 Å². The van der Waals surface area contributed by atoms with Crippen molar-refractivity contribution in [3.8, 4) is 0 Å². The van der Waals surface area contributed by atoms with Crippen molar-refractivity contribution >= 4 is 45.5 Å². The number of carbonyl (C=O) groups is 1. The van der Waals surface area contributed by atoms with Gasteiger partial charge in [-0.1, -0.05) is 19.9 Å². The van der Waals surface area contributed by atoms with Crippen LogP contribution in [-0.4, -0.2) is 53.2 Å². The average Bonchev–Trinajstić information content (AvgIpc) is 2.76. The number of benzene rings is 1. The van der Waals surface area contributed by atoms with Gasteiger partial charge in [0.2, 0.25) is 0 Å². The molecular formula is C24H31N3O4S. The van der Waals surface area contributed by atoms with E-state index in [0.717, 1.165) is 29.1 Å². The first kappa shape index (κ1) is 24.1. The van der Waals surface area contributed by atoms with Crippen molar-refractivity contribution in [3.05, 3.63) is 40.1 Å². The molecule has 1 N–H and O–H groups in total. The molecule has 1 saturated carbocycles. The van der Waals surface area contributed by atoms with Crippen LogP contribution in [-0.2, 0) is 16.1 Å². The highest BCUT2D eigenvalue weighted by molar-refractivity contribution is 7.98. The van der Waals surface area contributed by atoms with Crippen LogP contribution in [0.5, 0.6) is 0 Å². The van der Waals surface area contributed by atoms with Gasteiger partial charge in [-0.25, -0.2) is 4.98 Å². The summed E-state index contributed by atoms with van der Waals surface area (Å²) in [4.78, 5) is 32.7. The molecule has 0 unspecified atom stereocenters. The second kappa shape index (κ2) is 9.92. The van der Waals surface area contributed by atoms with Crippen molar-refractivity contribution in [3.63, 3.8) is 0 Å². The number of pyridine rings is 2. The normalized spacial score (nSPS) is 17.6. The lowest BCUT2D eigenvalue weighted by Gasteiger charge is -2.40. The Bertz CT molecular complexity index is 1200. The molecule has 0 radical (unpaired) electrons. The average molecular weight is 458 g/mol. The van der Waals surface area contributed by atoms with Crippen LogP contribution >= 0.6 is 11.8 Å². The third-order valence-electron chi connectivity index (χ3n) is 6.01. The molecule has 1 aliphatic rings. The molecule has 0 bridgehead atoms. The first-order chi connectivity index (χ1) is 15.3. The Labute approximate surface area is 192 Å². The van der Waals surface area contributed by atoms with Gasteiger partial charge in [0, 0.05) is 30.5 Å². The fourth-order valence-corrected chi connectivity index (χ4v) is 4.98. The Kier molecular flexibility index (Phi) is 7.46. The van der Waals surface area contributed by atoms with Crippen molar-refractivity contribution in [2.45, 2.75) is 57.2 Å². The van der Waals surface area contributed by atoms with Gasteiger partial charge in [0.05, 0.1) is 17.0 Å². The predicted molar refractivity (Wildman–Crippen MR) is 131 cm³/mol. The number of rotatable bonds is 6. The molecule has 4 rings (SSSR count). The number of aryl methyl sites for hydroxylation is 1. The molecule has 172 valence electrons. The van der Waals surface area contributed by atoms with Crippen LogP contribution in [0.25, 0.3) is 21.9 Å². The van der Waals surface area contributed by atoms with Crippen molar-refractivity contribution in [2.75, 3.05) is 25.3 Å². The standard InChI is InChI=1S/C22H25N3O4S.C2H6/c1-12-5-6-15-19(21(12)30-4)25(11-18(26)27)22-16(20(15)28)7-8-17(23-22)24(2)13-9-14(10-13)29-3;1-2/h5-8,13-14H,9-11H2,1-4H3,(H,26,27);1-2H3. The molecule has 7 nitrogen and oxygen atoms in total. The number of anilines is 1. The van der Waals surface area contributed by atoms with Crippen LogP contribution in [0.2, 0.25) is 0 Å². The van der Waals surface area contributed by atoms with Crippen molar-refractivity contribution in [1.82, 2.24) is 9.55 Å². The molecule has 2 aromatic heterocycles. The van der Waals surface area contributed by atoms with E-state index < -0.39 is 5.97 Å². The summed E-state index contributed by atoms with van der Waals surface area (Å²) in [6.45, 7) is 5.70. The van der Waals surface area contributed by atoms with Gasteiger partial charge in [-0.05, 0) is 49.8 Å². The van der Waals surface area contributed by atoms with Crippen LogP contribution in [0.3, 0.4) is 0 Å². The first-order valence-corrected chi connectivity index (χ1v) is 12.1. The highest BCUT2D eigenvalue weighted by Gasteiger charge is 2.33. The van der Waals surface area contributed by atoms with Gasteiger partial charge in [-0.2, -0.15) is 0 Å². The number of hydrogen-bond acceptors (Lipinski definition) is 6. The summed E-state index contributed by atoms with van der Waals surface area (Å²) in [7, 11) is 3.69. The number of fused-ring (bicyclic) bond motifs is 2. The Balaban J connectivity index is 0.00000141. The number of carboxylic acid groups (broad SMARTS) is 1. The number of aromatic nitrogens is 2. The van der Waals surface area contributed by atoms with E-state index in [0.29, 0.717) is 28.0 Å². The molecule has 1 aliphatic carbocycles. The Hall–Kier alpha value is -2.58. The summed E-state index contributed by atoms with van der Waals surface area (Å²) in [5, 5.41) is 10.5. The fraction of sp³-hybridized carbons (Fsp3) is 0.458. The van der Waals surface area contributed by atoms with Crippen molar-refractivity contribution in [2.24, 2.45) is 0 Å². The lowest BCUT2D eigenvalue weighted by molar-refractivity contribution is -0.137. The molecule has 3 aromatic rings. The van der Waals surface area contributed by atoms with Crippen LogP contribution < -0.4 is 10.3 Å². The van der Waals surface area contributed by atoms with Crippen molar-refractivity contribution < 1.29 is 14.6 Å². The summed E-state index contributed by atoms with van der Waals surface area (Å²) in [6.07, 6.45) is 4.03. The summed E-state index contributed by atoms with van der Waals surface area (Å²) in [5.74, 6) is -0.254. The second-order valence-corrected chi connectivity index (χ2v) is 8.57. The molecule has 32 heavy (non-hydrogen) atoms. The van der Waals surface area contributed by atoms with Gasteiger partial charge in [-0.15, -0.1) is 11.8 Å². The monoisotopic (exact) mass is 457 g/mol. The maximum Gasteiger partial charge on any atom is 0.323 e. The van der Waals surface area contributed by atoms with E-state index in [9.17, 15) is 14.7 Å². The van der Waals surface area contributed by atoms with E-state index in [2.05, 4.69) is 4.90 Å². The van der Waals surface area contributed by atoms with Gasteiger partial charge in [0.1, 0.15) is 18.0 Å². The molecule has 0 amide bonds. The van der Waals surface area contributed by atoms with E-state index in [1.54, 1.807) is 23.8 Å². The summed E-state index contributed by atoms with van der Waals surface area (Å²) < 4.78 is 7.05. The summed E-state index contributed by atoms with van der Waals surface area (Å²) in [5.41, 5.74) is 1.92. The molecule has 2 heterocycles. The van der Waals surface area contributed by atoms with Crippen LogP contribution in [0.15, 0.2) is 34.0 Å². The highest BCUT2D eigenvalue weighted by Crippen LogP contribution is 2.33. The number of thioether (sulfide) groups is 1. The maximum atomic E-state index is 13.2. The second-order valence-electron chi connectivity index (χ2n) is 7.76. The first-order valence-electron chi connectivity index (χ1n) is 10.8. The smallest absolute Gasteiger partial charge is 0.323 e. The summed E-state index contributed by atoms with van der Waals surface area (Å²) in [6, 6.07) is 7.60. The topological polar surface area (TPSA) is 84.7 Å². The zero-order valence-electron chi connectivity index (χ0n) is 19.5. The van der Waals surface area contributed by atoms with Gasteiger partial charge < -0.3 is 19.3 Å². The number of aliphatic carboxylic acids is 1.